The molecule has 13 heavy (non-hydrogen) atoms. The third-order valence-corrected chi connectivity index (χ3v) is 1.82. The molecule has 1 heterocycles. The summed E-state index contributed by atoms with van der Waals surface area (Å²) in [5.74, 6) is -0.00225. The van der Waals surface area contributed by atoms with E-state index in [-0.39, 0.29) is 5.78 Å². The van der Waals surface area contributed by atoms with Crippen molar-refractivity contribution in [3.63, 3.8) is 0 Å². The summed E-state index contributed by atoms with van der Waals surface area (Å²) in [5, 5.41) is 0.420. The number of ketones is 1. The number of halogens is 1. The quantitative estimate of drug-likeness (QED) is 0.537. The van der Waals surface area contributed by atoms with Gasteiger partial charge in [-0.2, -0.15) is 0 Å². The number of carbonyl (C=O) groups is 1. The lowest BCUT2D eigenvalue weighted by Crippen LogP contribution is -1.85. The highest BCUT2D eigenvalue weighted by molar-refractivity contribution is 6.30. The van der Waals surface area contributed by atoms with Crippen LogP contribution >= 0.6 is 11.6 Å². The number of aryl methyl sites for hydroxylation is 1. The van der Waals surface area contributed by atoms with E-state index in [9.17, 15) is 4.79 Å². The number of allylic oxidation sites excluding steroid dienone is 1. The van der Waals surface area contributed by atoms with Crippen molar-refractivity contribution >= 4 is 23.5 Å². The highest BCUT2D eigenvalue weighted by atomic mass is 35.5. The van der Waals surface area contributed by atoms with Gasteiger partial charge in [0.05, 0.1) is 0 Å². The molecule has 1 aromatic heterocycles. The van der Waals surface area contributed by atoms with Crippen LogP contribution in [0.3, 0.4) is 0 Å². The Morgan fingerprint density at radius 1 is 1.62 bits per heavy atom. The van der Waals surface area contributed by atoms with E-state index < -0.39 is 0 Å². The van der Waals surface area contributed by atoms with Gasteiger partial charge in [-0.05, 0) is 37.6 Å². The van der Waals surface area contributed by atoms with Crippen LogP contribution in [-0.2, 0) is 4.79 Å². The second-order valence-electron chi connectivity index (χ2n) is 2.84. The van der Waals surface area contributed by atoms with E-state index in [0.717, 1.165) is 11.1 Å². The van der Waals surface area contributed by atoms with Crippen molar-refractivity contribution in [1.29, 1.82) is 0 Å². The van der Waals surface area contributed by atoms with Gasteiger partial charge in [-0.3, -0.25) is 4.79 Å². The van der Waals surface area contributed by atoms with E-state index in [4.69, 9.17) is 11.6 Å². The lowest BCUT2D eigenvalue weighted by atomic mass is 10.2. The first-order valence-electron chi connectivity index (χ1n) is 3.90. The third kappa shape index (κ3) is 2.99. The fraction of sp³-hybridized carbons (Fsp3) is 0.200. The number of hydrogen-bond donors (Lipinski definition) is 0. The molecule has 0 N–H and O–H groups in total. The molecule has 0 aliphatic carbocycles. The molecular weight excluding hydrogens is 186 g/mol. The van der Waals surface area contributed by atoms with Crippen molar-refractivity contribution in [3.05, 3.63) is 34.6 Å². The molecule has 68 valence electrons. The molecule has 0 unspecified atom stereocenters. The second-order valence-corrected chi connectivity index (χ2v) is 3.19. The Morgan fingerprint density at radius 3 is 2.92 bits per heavy atom. The highest BCUT2D eigenvalue weighted by Gasteiger charge is 1.97. The van der Waals surface area contributed by atoms with Crippen LogP contribution in [0.2, 0.25) is 5.15 Å². The predicted molar refractivity (Wildman–Crippen MR) is 53.7 cm³/mol. The van der Waals surface area contributed by atoms with E-state index in [1.54, 1.807) is 12.3 Å². The molecule has 1 aromatic rings. The van der Waals surface area contributed by atoms with Gasteiger partial charge in [-0.25, -0.2) is 4.98 Å². The van der Waals surface area contributed by atoms with E-state index >= 15 is 0 Å². The summed E-state index contributed by atoms with van der Waals surface area (Å²) in [6.07, 6.45) is 4.83. The monoisotopic (exact) mass is 195 g/mol. The number of rotatable bonds is 2. The Balaban J connectivity index is 3.00. The van der Waals surface area contributed by atoms with Crippen LogP contribution in [0, 0.1) is 6.92 Å². The van der Waals surface area contributed by atoms with Crippen LogP contribution in [0.4, 0.5) is 0 Å². The Morgan fingerprint density at radius 2 is 2.31 bits per heavy atom. The summed E-state index contributed by atoms with van der Waals surface area (Å²) in [5.41, 5.74) is 1.80. The Labute approximate surface area is 82.3 Å². The molecule has 0 spiro atoms. The number of nitrogens with zero attached hydrogens (tertiary/aromatic N) is 1. The van der Waals surface area contributed by atoms with Crippen molar-refractivity contribution in [2.45, 2.75) is 13.8 Å². The average Bonchev–Trinajstić information content (AvgIpc) is 2.06. The van der Waals surface area contributed by atoms with Gasteiger partial charge in [0.1, 0.15) is 5.15 Å². The fourth-order valence-corrected chi connectivity index (χ4v) is 1.07. The van der Waals surface area contributed by atoms with Crippen LogP contribution in [-0.4, -0.2) is 10.8 Å². The SMILES string of the molecule is CC(=O)/C=C\c1cc(C)cnc1Cl. The largest absolute Gasteiger partial charge is 0.295 e. The van der Waals surface area contributed by atoms with Gasteiger partial charge in [0, 0.05) is 11.8 Å². The minimum atomic E-state index is -0.00225. The van der Waals surface area contributed by atoms with Gasteiger partial charge < -0.3 is 0 Å². The van der Waals surface area contributed by atoms with E-state index in [1.807, 2.05) is 13.0 Å². The molecule has 0 amide bonds. The number of aromatic nitrogens is 1. The third-order valence-electron chi connectivity index (χ3n) is 1.50. The summed E-state index contributed by atoms with van der Waals surface area (Å²) in [6.45, 7) is 3.42. The highest BCUT2D eigenvalue weighted by Crippen LogP contribution is 2.15. The lowest BCUT2D eigenvalue weighted by molar-refractivity contribution is -0.112. The number of hydrogen-bond acceptors (Lipinski definition) is 2. The minimum Gasteiger partial charge on any atom is -0.295 e. The first-order chi connectivity index (χ1) is 6.09. The van der Waals surface area contributed by atoms with Gasteiger partial charge in [-0.1, -0.05) is 11.6 Å². The normalized spacial score (nSPS) is 10.7. The lowest BCUT2D eigenvalue weighted by Gasteiger charge is -1.97. The first kappa shape index (κ1) is 9.93. The van der Waals surface area contributed by atoms with Gasteiger partial charge >= 0.3 is 0 Å². The van der Waals surface area contributed by atoms with Crippen molar-refractivity contribution in [2.75, 3.05) is 0 Å². The molecule has 0 aliphatic heterocycles. The maximum absolute atomic E-state index is 10.7. The van der Waals surface area contributed by atoms with Crippen LogP contribution in [0.1, 0.15) is 18.1 Å². The van der Waals surface area contributed by atoms with E-state index in [1.165, 1.54) is 13.0 Å². The molecule has 0 saturated heterocycles. The van der Waals surface area contributed by atoms with Crippen LogP contribution in [0.5, 0.6) is 0 Å². The molecule has 0 saturated carbocycles. The summed E-state index contributed by atoms with van der Waals surface area (Å²) >= 11 is 5.81. The molecular formula is C10H10ClNO. The number of carbonyl (C=O) groups excluding carboxylic acids is 1. The smallest absolute Gasteiger partial charge is 0.152 e. The van der Waals surface area contributed by atoms with Gasteiger partial charge in [0.25, 0.3) is 0 Å². The maximum atomic E-state index is 10.7. The fourth-order valence-electron chi connectivity index (χ4n) is 0.899. The molecule has 2 nitrogen and oxygen atoms in total. The maximum Gasteiger partial charge on any atom is 0.152 e. The Hall–Kier alpha value is -1.15. The van der Waals surface area contributed by atoms with Crippen LogP contribution in [0.25, 0.3) is 6.08 Å². The minimum absolute atomic E-state index is 0.00225. The molecule has 0 aliphatic rings. The summed E-state index contributed by atoms with van der Waals surface area (Å²) in [4.78, 5) is 14.6. The van der Waals surface area contributed by atoms with Gasteiger partial charge in [0.2, 0.25) is 0 Å². The average molecular weight is 196 g/mol. The van der Waals surface area contributed by atoms with Crippen LogP contribution in [0.15, 0.2) is 18.3 Å². The Bertz CT molecular complexity index is 358. The zero-order valence-corrected chi connectivity index (χ0v) is 8.30. The molecule has 1 rings (SSSR count). The van der Waals surface area contributed by atoms with Crippen molar-refractivity contribution < 1.29 is 4.79 Å². The first-order valence-corrected chi connectivity index (χ1v) is 4.28. The topological polar surface area (TPSA) is 30.0 Å². The van der Waals surface area contributed by atoms with Crippen LogP contribution < -0.4 is 0 Å². The summed E-state index contributed by atoms with van der Waals surface area (Å²) < 4.78 is 0. The zero-order chi connectivity index (χ0) is 9.84. The molecule has 0 radical (unpaired) electrons. The number of pyridine rings is 1. The van der Waals surface area contributed by atoms with E-state index in [0.29, 0.717) is 5.15 Å². The predicted octanol–water partition coefficient (Wildman–Crippen LogP) is 2.65. The van der Waals surface area contributed by atoms with Crippen molar-refractivity contribution in [3.8, 4) is 0 Å². The molecule has 0 aromatic carbocycles. The van der Waals surface area contributed by atoms with Gasteiger partial charge in [0.15, 0.2) is 5.78 Å². The molecule has 3 heteroatoms. The molecule has 0 atom stereocenters. The van der Waals surface area contributed by atoms with E-state index in [2.05, 4.69) is 4.98 Å². The Kier molecular flexibility index (Phi) is 3.20. The second kappa shape index (κ2) is 4.19. The van der Waals surface area contributed by atoms with Gasteiger partial charge in [-0.15, -0.1) is 0 Å². The zero-order valence-electron chi connectivity index (χ0n) is 7.54. The standard InChI is InChI=1S/C10H10ClNO/c1-7-5-9(4-3-8(2)13)10(11)12-6-7/h3-6H,1-2H3/b4-3-. The molecule has 0 bridgehead atoms. The molecule has 0 fully saturated rings. The summed E-state index contributed by atoms with van der Waals surface area (Å²) in [7, 11) is 0. The van der Waals surface area contributed by atoms with Crippen molar-refractivity contribution in [2.24, 2.45) is 0 Å². The van der Waals surface area contributed by atoms with Crippen molar-refractivity contribution in [1.82, 2.24) is 4.98 Å². The summed E-state index contributed by atoms with van der Waals surface area (Å²) in [6, 6.07) is 1.88.